The van der Waals surface area contributed by atoms with Gasteiger partial charge in [-0.1, -0.05) is 23.3 Å². The number of carbonyl (C=O) groups excluding carboxylic acids is 2. The van der Waals surface area contributed by atoms with E-state index in [2.05, 4.69) is 0 Å². The lowest BCUT2D eigenvalue weighted by Gasteiger charge is -2.21. The number of nitrogens with zero attached hydrogens (tertiary/aromatic N) is 1. The minimum absolute atomic E-state index is 0.325. The summed E-state index contributed by atoms with van der Waals surface area (Å²) >= 11 is 5.85. The van der Waals surface area contributed by atoms with Crippen molar-refractivity contribution in [2.75, 3.05) is 4.90 Å². The van der Waals surface area contributed by atoms with E-state index in [1.54, 1.807) is 24.3 Å². The number of rotatable bonds is 1. The van der Waals surface area contributed by atoms with Crippen LogP contribution < -0.4 is 4.90 Å². The average Bonchev–Trinajstić information content (AvgIpc) is 2.64. The second-order valence-electron chi connectivity index (χ2n) is 4.84. The largest absolute Gasteiger partial charge is 0.299 e. The predicted octanol–water partition coefficient (Wildman–Crippen LogP) is 3.11. The summed E-state index contributed by atoms with van der Waals surface area (Å²) in [5.74, 6) is -1.11. The third-order valence-electron chi connectivity index (χ3n) is 3.50. The van der Waals surface area contributed by atoms with Crippen LogP contribution in [-0.2, 0) is 9.59 Å². The van der Waals surface area contributed by atoms with Gasteiger partial charge in [0.25, 0.3) is 5.91 Å². The van der Waals surface area contributed by atoms with Crippen molar-refractivity contribution >= 4 is 29.0 Å². The van der Waals surface area contributed by atoms with E-state index in [0.29, 0.717) is 17.1 Å². The van der Waals surface area contributed by atoms with Gasteiger partial charge in [-0.2, -0.15) is 0 Å². The standard InChI is InChI=1S/C15H12ClNO2/c1-9-2-7-13-12(8-9)14(18)15(19)17(13)11-5-3-10(16)4-6-11/h2-7,12H,8H2,1H3. The Labute approximate surface area is 116 Å². The van der Waals surface area contributed by atoms with Crippen molar-refractivity contribution < 1.29 is 9.59 Å². The van der Waals surface area contributed by atoms with Crippen molar-refractivity contribution in [2.24, 2.45) is 5.92 Å². The minimum Gasteiger partial charge on any atom is -0.288 e. The zero-order chi connectivity index (χ0) is 13.6. The molecule has 0 bridgehead atoms. The van der Waals surface area contributed by atoms with Gasteiger partial charge in [-0.05, 0) is 43.7 Å². The van der Waals surface area contributed by atoms with Gasteiger partial charge in [-0.15, -0.1) is 0 Å². The number of Topliss-reactive ketones (excluding diaryl/α,β-unsaturated/α-hetero) is 1. The molecule has 1 saturated heterocycles. The quantitative estimate of drug-likeness (QED) is 0.737. The highest BCUT2D eigenvalue weighted by Crippen LogP contribution is 2.37. The van der Waals surface area contributed by atoms with Gasteiger partial charge in [0.1, 0.15) is 0 Å². The van der Waals surface area contributed by atoms with Crippen LogP contribution in [0.25, 0.3) is 0 Å². The highest BCUT2D eigenvalue weighted by atomic mass is 35.5. The first-order chi connectivity index (χ1) is 9.08. The first-order valence-electron chi connectivity index (χ1n) is 6.09. The predicted molar refractivity (Wildman–Crippen MR) is 73.9 cm³/mol. The van der Waals surface area contributed by atoms with Crippen molar-refractivity contribution in [3.63, 3.8) is 0 Å². The molecule has 1 atom stereocenters. The van der Waals surface area contributed by atoms with Crippen molar-refractivity contribution in [1.82, 2.24) is 0 Å². The summed E-state index contributed by atoms with van der Waals surface area (Å²) in [7, 11) is 0. The fourth-order valence-electron chi connectivity index (χ4n) is 2.53. The molecule has 1 aromatic carbocycles. The maximum Gasteiger partial charge on any atom is 0.299 e. The number of hydrogen-bond donors (Lipinski definition) is 0. The third kappa shape index (κ3) is 1.90. The number of benzene rings is 1. The number of allylic oxidation sites excluding steroid dienone is 4. The molecule has 1 aliphatic heterocycles. The number of amides is 1. The lowest BCUT2D eigenvalue weighted by atomic mass is 9.91. The van der Waals surface area contributed by atoms with Crippen LogP contribution in [0.5, 0.6) is 0 Å². The third-order valence-corrected chi connectivity index (χ3v) is 3.75. The topological polar surface area (TPSA) is 37.4 Å². The summed E-state index contributed by atoms with van der Waals surface area (Å²) in [6.07, 6.45) is 4.45. The number of anilines is 1. The molecule has 1 aliphatic carbocycles. The normalized spacial score (nSPS) is 22.2. The summed E-state index contributed by atoms with van der Waals surface area (Å²) in [4.78, 5) is 25.7. The fourth-order valence-corrected chi connectivity index (χ4v) is 2.65. The van der Waals surface area contributed by atoms with E-state index in [4.69, 9.17) is 11.6 Å². The summed E-state index contributed by atoms with van der Waals surface area (Å²) in [6.45, 7) is 1.97. The Morgan fingerprint density at radius 3 is 2.53 bits per heavy atom. The van der Waals surface area contributed by atoms with Crippen LogP contribution in [0.15, 0.2) is 47.7 Å². The van der Waals surface area contributed by atoms with E-state index >= 15 is 0 Å². The summed E-state index contributed by atoms with van der Waals surface area (Å²) in [5.41, 5.74) is 2.57. The Hall–Kier alpha value is -1.87. The number of fused-ring (bicyclic) bond motifs is 1. The van der Waals surface area contributed by atoms with Gasteiger partial charge < -0.3 is 0 Å². The summed E-state index contributed by atoms with van der Waals surface area (Å²) in [6, 6.07) is 6.93. The molecule has 0 aromatic heterocycles. The Morgan fingerprint density at radius 2 is 1.84 bits per heavy atom. The molecule has 1 unspecified atom stereocenters. The van der Waals surface area contributed by atoms with Crippen LogP contribution in [0.3, 0.4) is 0 Å². The summed E-state index contributed by atoms with van der Waals surface area (Å²) in [5, 5.41) is 0.603. The molecule has 4 heteroatoms. The smallest absolute Gasteiger partial charge is 0.288 e. The van der Waals surface area contributed by atoms with Crippen molar-refractivity contribution in [3.05, 3.63) is 52.7 Å². The van der Waals surface area contributed by atoms with Gasteiger partial charge in [0.2, 0.25) is 5.78 Å². The molecule has 0 radical (unpaired) electrons. The van der Waals surface area contributed by atoms with Crippen molar-refractivity contribution in [2.45, 2.75) is 13.3 Å². The zero-order valence-electron chi connectivity index (χ0n) is 10.4. The van der Waals surface area contributed by atoms with E-state index in [1.807, 2.05) is 19.1 Å². The molecule has 19 heavy (non-hydrogen) atoms. The minimum atomic E-state index is -0.457. The molecule has 2 aliphatic rings. The molecular weight excluding hydrogens is 262 g/mol. The maximum absolute atomic E-state index is 12.1. The Kier molecular flexibility index (Phi) is 2.79. The average molecular weight is 274 g/mol. The Morgan fingerprint density at radius 1 is 1.16 bits per heavy atom. The second kappa shape index (κ2) is 4.35. The first-order valence-corrected chi connectivity index (χ1v) is 6.47. The highest BCUT2D eigenvalue weighted by Gasteiger charge is 2.44. The molecule has 0 N–H and O–H groups in total. The molecule has 96 valence electrons. The van der Waals surface area contributed by atoms with E-state index in [9.17, 15) is 9.59 Å². The van der Waals surface area contributed by atoms with Crippen LogP contribution in [0.2, 0.25) is 5.02 Å². The Balaban J connectivity index is 2.07. The Bertz CT molecular complexity index is 628. The molecule has 1 aromatic rings. The zero-order valence-corrected chi connectivity index (χ0v) is 11.1. The second-order valence-corrected chi connectivity index (χ2v) is 5.28. The van der Waals surface area contributed by atoms with Crippen molar-refractivity contribution in [3.8, 4) is 0 Å². The van der Waals surface area contributed by atoms with Gasteiger partial charge in [0.05, 0.1) is 5.92 Å². The SMILES string of the molecule is CC1=CC=C2C(C1)C(=O)C(=O)N2c1ccc(Cl)cc1. The molecular formula is C15H12ClNO2. The van der Waals surface area contributed by atoms with Gasteiger partial charge >= 0.3 is 0 Å². The fraction of sp³-hybridized carbons (Fsp3) is 0.200. The highest BCUT2D eigenvalue weighted by molar-refractivity contribution is 6.46. The van der Waals surface area contributed by atoms with Gasteiger partial charge in [-0.3, -0.25) is 14.5 Å². The molecule has 1 amide bonds. The molecule has 1 fully saturated rings. The summed E-state index contributed by atoms with van der Waals surface area (Å²) < 4.78 is 0. The van der Waals surface area contributed by atoms with Gasteiger partial charge in [0.15, 0.2) is 0 Å². The van der Waals surface area contributed by atoms with Crippen LogP contribution in [0.4, 0.5) is 5.69 Å². The number of halogens is 1. The molecule has 3 rings (SSSR count). The van der Waals surface area contributed by atoms with Crippen LogP contribution in [0, 0.1) is 5.92 Å². The first kappa shape index (κ1) is 12.2. The van der Waals surface area contributed by atoms with Crippen LogP contribution >= 0.6 is 11.6 Å². The van der Waals surface area contributed by atoms with E-state index in [-0.39, 0.29) is 11.7 Å². The number of carbonyl (C=O) groups is 2. The van der Waals surface area contributed by atoms with E-state index in [1.165, 1.54) is 4.90 Å². The molecule has 1 heterocycles. The molecule has 0 saturated carbocycles. The maximum atomic E-state index is 12.1. The number of hydrogen-bond acceptors (Lipinski definition) is 2. The van der Waals surface area contributed by atoms with E-state index < -0.39 is 5.91 Å². The van der Waals surface area contributed by atoms with Crippen molar-refractivity contribution in [1.29, 1.82) is 0 Å². The van der Waals surface area contributed by atoms with E-state index in [0.717, 1.165) is 11.3 Å². The van der Waals surface area contributed by atoms with Gasteiger partial charge in [0, 0.05) is 16.4 Å². The molecule has 3 nitrogen and oxygen atoms in total. The monoisotopic (exact) mass is 273 g/mol. The molecule has 0 spiro atoms. The van der Waals surface area contributed by atoms with Crippen LogP contribution in [0.1, 0.15) is 13.3 Å². The lowest BCUT2D eigenvalue weighted by Crippen LogP contribution is -2.25. The van der Waals surface area contributed by atoms with Gasteiger partial charge in [-0.25, -0.2) is 0 Å². The number of ketones is 1. The lowest BCUT2D eigenvalue weighted by molar-refractivity contribution is -0.135. The van der Waals surface area contributed by atoms with Crippen LogP contribution in [-0.4, -0.2) is 11.7 Å².